The number of aromatic nitrogens is 5. The van der Waals surface area contributed by atoms with E-state index in [4.69, 9.17) is 4.98 Å². The molecule has 9 nitrogen and oxygen atoms in total. The molecule has 1 unspecified atom stereocenters. The fraction of sp³-hybridized carbons (Fsp3) is 0.233. The molecule has 5 aromatic rings. The van der Waals surface area contributed by atoms with Crippen LogP contribution in [0.25, 0.3) is 28.2 Å². The molecule has 1 atom stereocenters. The summed E-state index contributed by atoms with van der Waals surface area (Å²) in [6.07, 6.45) is 3.54. The van der Waals surface area contributed by atoms with E-state index in [1.165, 1.54) is 0 Å². The molecule has 2 aromatic carbocycles. The van der Waals surface area contributed by atoms with Crippen molar-refractivity contribution in [2.75, 3.05) is 37.6 Å². The summed E-state index contributed by atoms with van der Waals surface area (Å²) in [6, 6.07) is 25.7. The lowest BCUT2D eigenvalue weighted by Crippen LogP contribution is -2.51. The Labute approximate surface area is 227 Å². The molecule has 0 saturated carbocycles. The molecule has 1 fully saturated rings. The smallest absolute Gasteiger partial charge is 0.272 e. The van der Waals surface area contributed by atoms with Crippen molar-refractivity contribution in [1.82, 2.24) is 34.8 Å². The number of amides is 1. The van der Waals surface area contributed by atoms with E-state index in [9.17, 15) is 4.79 Å². The lowest BCUT2D eigenvalue weighted by Gasteiger charge is -2.35. The predicted octanol–water partition coefficient (Wildman–Crippen LogP) is 3.79. The van der Waals surface area contributed by atoms with Crippen LogP contribution in [0.2, 0.25) is 0 Å². The van der Waals surface area contributed by atoms with Crippen molar-refractivity contribution in [3.8, 4) is 22.5 Å². The third-order valence-corrected chi connectivity index (χ3v) is 6.92. The van der Waals surface area contributed by atoms with Gasteiger partial charge in [0, 0.05) is 68.4 Å². The topological polar surface area (TPSA) is 91.5 Å². The van der Waals surface area contributed by atoms with Crippen molar-refractivity contribution in [2.45, 2.75) is 13.0 Å². The van der Waals surface area contributed by atoms with Crippen LogP contribution in [0.15, 0.2) is 91.3 Å². The van der Waals surface area contributed by atoms with E-state index in [2.05, 4.69) is 30.2 Å². The van der Waals surface area contributed by atoms with E-state index in [1.807, 2.05) is 79.7 Å². The number of fused-ring (bicyclic) bond motifs is 1. The summed E-state index contributed by atoms with van der Waals surface area (Å²) < 4.78 is 1.76. The molecule has 3 aromatic heterocycles. The zero-order valence-corrected chi connectivity index (χ0v) is 21.8. The van der Waals surface area contributed by atoms with Gasteiger partial charge in [-0.15, -0.1) is 0 Å². The second-order valence-electron chi connectivity index (χ2n) is 9.77. The molecule has 6 rings (SSSR count). The Morgan fingerprint density at radius 2 is 1.54 bits per heavy atom. The Morgan fingerprint density at radius 1 is 0.872 bits per heavy atom. The average molecular weight is 519 g/mol. The largest absolute Gasteiger partial charge is 0.347 e. The van der Waals surface area contributed by atoms with E-state index in [0.717, 1.165) is 61.2 Å². The van der Waals surface area contributed by atoms with Gasteiger partial charge in [0.15, 0.2) is 11.3 Å². The van der Waals surface area contributed by atoms with Gasteiger partial charge in [0.2, 0.25) is 5.95 Å². The van der Waals surface area contributed by atoms with Gasteiger partial charge in [0.05, 0.1) is 11.4 Å². The third kappa shape index (κ3) is 5.49. The van der Waals surface area contributed by atoms with Gasteiger partial charge in [0.25, 0.3) is 5.91 Å². The van der Waals surface area contributed by atoms with Gasteiger partial charge in [-0.05, 0) is 19.1 Å². The van der Waals surface area contributed by atoms with E-state index < -0.39 is 0 Å². The molecule has 1 N–H and O–H groups in total. The van der Waals surface area contributed by atoms with Crippen LogP contribution in [0.3, 0.4) is 0 Å². The maximum absolute atomic E-state index is 13.2. The zero-order chi connectivity index (χ0) is 26.6. The molecule has 9 heteroatoms. The monoisotopic (exact) mass is 518 g/mol. The Hall–Kier alpha value is -4.63. The highest BCUT2D eigenvalue weighted by Crippen LogP contribution is 2.26. The summed E-state index contributed by atoms with van der Waals surface area (Å²) in [7, 11) is 0. The van der Waals surface area contributed by atoms with Gasteiger partial charge in [0.1, 0.15) is 0 Å². The molecular formula is C30H30N8O. The average Bonchev–Trinajstić information content (AvgIpc) is 3.43. The fourth-order valence-electron chi connectivity index (χ4n) is 4.97. The van der Waals surface area contributed by atoms with Crippen molar-refractivity contribution in [2.24, 2.45) is 0 Å². The number of carbonyl (C=O) groups excluding carboxylic acids is 1. The van der Waals surface area contributed by atoms with Crippen LogP contribution >= 0.6 is 0 Å². The molecular weight excluding hydrogens is 488 g/mol. The molecule has 1 aliphatic heterocycles. The molecule has 1 amide bonds. The number of nitrogens with one attached hydrogen (secondary N) is 1. The van der Waals surface area contributed by atoms with Crippen molar-refractivity contribution >= 4 is 17.5 Å². The highest BCUT2D eigenvalue weighted by molar-refractivity contribution is 5.93. The van der Waals surface area contributed by atoms with Crippen LogP contribution < -0.4 is 10.2 Å². The Bertz CT molecular complexity index is 1550. The molecule has 1 aliphatic rings. The highest BCUT2D eigenvalue weighted by atomic mass is 16.2. The van der Waals surface area contributed by atoms with Gasteiger partial charge in [-0.1, -0.05) is 60.7 Å². The van der Waals surface area contributed by atoms with E-state index in [1.54, 1.807) is 23.0 Å². The first-order chi connectivity index (χ1) is 19.1. The molecule has 1 saturated heterocycles. The van der Waals surface area contributed by atoms with Crippen LogP contribution in [-0.2, 0) is 0 Å². The van der Waals surface area contributed by atoms with Crippen molar-refractivity contribution in [3.63, 3.8) is 0 Å². The quantitative estimate of drug-likeness (QED) is 0.351. The van der Waals surface area contributed by atoms with Gasteiger partial charge in [-0.3, -0.25) is 9.69 Å². The first kappa shape index (κ1) is 24.7. The maximum atomic E-state index is 13.2. The molecule has 196 valence electrons. The number of benzene rings is 2. The molecule has 0 spiro atoms. The predicted molar refractivity (Wildman–Crippen MR) is 151 cm³/mol. The van der Waals surface area contributed by atoms with Crippen molar-refractivity contribution in [1.29, 1.82) is 0 Å². The number of carbonyl (C=O) groups is 1. The number of rotatable bonds is 7. The Kier molecular flexibility index (Phi) is 6.97. The van der Waals surface area contributed by atoms with Crippen LogP contribution in [0.5, 0.6) is 0 Å². The number of hydrogen-bond donors (Lipinski definition) is 1. The molecule has 39 heavy (non-hydrogen) atoms. The number of anilines is 1. The second-order valence-corrected chi connectivity index (χ2v) is 9.77. The molecule has 0 bridgehead atoms. The van der Waals surface area contributed by atoms with Crippen LogP contribution in [0, 0.1) is 0 Å². The normalized spacial score (nSPS) is 14.8. The fourth-order valence-corrected chi connectivity index (χ4v) is 4.97. The molecule has 0 radical (unpaired) electrons. The molecule has 0 aliphatic carbocycles. The number of nitrogens with zero attached hydrogens (tertiary/aromatic N) is 7. The second kappa shape index (κ2) is 11.0. The summed E-state index contributed by atoms with van der Waals surface area (Å²) >= 11 is 0. The molecule has 4 heterocycles. The summed E-state index contributed by atoms with van der Waals surface area (Å²) in [5, 5.41) is 7.81. The highest BCUT2D eigenvalue weighted by Gasteiger charge is 2.22. The summed E-state index contributed by atoms with van der Waals surface area (Å²) in [5.41, 5.74) is 4.71. The van der Waals surface area contributed by atoms with Gasteiger partial charge in [-0.2, -0.15) is 5.10 Å². The van der Waals surface area contributed by atoms with Crippen LogP contribution in [-0.4, -0.2) is 74.1 Å². The number of piperazine rings is 1. The summed E-state index contributed by atoms with van der Waals surface area (Å²) in [5.74, 6) is 0.564. The first-order valence-electron chi connectivity index (χ1n) is 13.2. The number of hydrogen-bond acceptors (Lipinski definition) is 7. The van der Waals surface area contributed by atoms with Gasteiger partial charge >= 0.3 is 0 Å². The minimum absolute atomic E-state index is 0.0386. The Balaban J connectivity index is 1.17. The van der Waals surface area contributed by atoms with Crippen LogP contribution in [0.1, 0.15) is 17.4 Å². The maximum Gasteiger partial charge on any atom is 0.272 e. The van der Waals surface area contributed by atoms with E-state index in [-0.39, 0.29) is 11.9 Å². The van der Waals surface area contributed by atoms with Crippen molar-refractivity contribution < 1.29 is 4.79 Å². The first-order valence-corrected chi connectivity index (χ1v) is 13.2. The van der Waals surface area contributed by atoms with Gasteiger partial charge < -0.3 is 10.2 Å². The zero-order valence-electron chi connectivity index (χ0n) is 21.8. The van der Waals surface area contributed by atoms with E-state index in [0.29, 0.717) is 11.3 Å². The van der Waals surface area contributed by atoms with Gasteiger partial charge in [-0.25, -0.2) is 19.5 Å². The van der Waals surface area contributed by atoms with Crippen LogP contribution in [0.4, 0.5) is 5.95 Å². The summed E-state index contributed by atoms with van der Waals surface area (Å²) in [6.45, 7) is 6.28. The minimum atomic E-state index is -0.204. The third-order valence-electron chi connectivity index (χ3n) is 6.92. The minimum Gasteiger partial charge on any atom is -0.347 e. The lowest BCUT2D eigenvalue weighted by atomic mass is 10.1. The standard InChI is InChI=1S/C30H30N8O/c1-22(21-36-15-17-37(18-16-36)30-31-13-8-14-32-30)33-29(39)26-20-28-34-25(23-9-4-2-5-10-23)19-27(38(28)35-26)24-11-6-3-7-12-24/h2-14,19-20,22H,15-18,21H2,1H3,(H,33,39). The van der Waals surface area contributed by atoms with E-state index >= 15 is 0 Å². The SMILES string of the molecule is CC(CN1CCN(c2ncccn2)CC1)NC(=O)c1cc2nc(-c3ccccc3)cc(-c3ccccc3)n2n1. The lowest BCUT2D eigenvalue weighted by molar-refractivity contribution is 0.0922. The summed E-state index contributed by atoms with van der Waals surface area (Å²) in [4.78, 5) is 31.3. The Morgan fingerprint density at radius 3 is 2.23 bits per heavy atom. The van der Waals surface area contributed by atoms with Crippen molar-refractivity contribution in [3.05, 3.63) is 97.0 Å².